The first-order chi connectivity index (χ1) is 12.5. The van der Waals surface area contributed by atoms with Gasteiger partial charge in [-0.25, -0.2) is 0 Å². The van der Waals surface area contributed by atoms with Gasteiger partial charge in [0, 0.05) is 44.6 Å². The molecule has 0 aromatic carbocycles. The molecule has 0 bridgehead atoms. The molecule has 1 spiro atoms. The van der Waals surface area contributed by atoms with Gasteiger partial charge in [0.1, 0.15) is 0 Å². The van der Waals surface area contributed by atoms with Gasteiger partial charge in [0.05, 0.1) is 0 Å². The molecule has 3 rings (SSSR count). The van der Waals surface area contributed by atoms with Crippen LogP contribution in [0.25, 0.3) is 0 Å². The molecule has 1 N–H and O–H groups in total. The second kappa shape index (κ2) is 8.28. The number of piperazine rings is 1. The van der Waals surface area contributed by atoms with Crippen molar-refractivity contribution in [2.24, 2.45) is 17.3 Å². The highest BCUT2D eigenvalue weighted by atomic mass is 16.2. The molecule has 0 aromatic rings. The predicted molar refractivity (Wildman–Crippen MR) is 104 cm³/mol. The first-order valence-electron chi connectivity index (χ1n) is 10.7. The van der Waals surface area contributed by atoms with Crippen LogP contribution in [0, 0.1) is 17.3 Å². The summed E-state index contributed by atoms with van der Waals surface area (Å²) in [5.74, 6) is 1.37. The summed E-state index contributed by atoms with van der Waals surface area (Å²) >= 11 is 0. The third-order valence-electron chi connectivity index (χ3n) is 6.87. The molecule has 3 aliphatic rings. The van der Waals surface area contributed by atoms with E-state index < -0.39 is 0 Å². The number of nitrogens with zero attached hydrogens (tertiary/aromatic N) is 2. The monoisotopic (exact) mass is 363 g/mol. The first kappa shape index (κ1) is 19.7. The van der Waals surface area contributed by atoms with E-state index in [2.05, 4.69) is 36.0 Å². The molecule has 1 heterocycles. The molecule has 148 valence electrons. The minimum atomic E-state index is 0.174. The molecule has 2 amide bonds. The van der Waals surface area contributed by atoms with Crippen LogP contribution in [0.15, 0.2) is 0 Å². The molecular formula is C21H37N3O2. The summed E-state index contributed by atoms with van der Waals surface area (Å²) in [5.41, 5.74) is 0.428. The summed E-state index contributed by atoms with van der Waals surface area (Å²) in [5, 5.41) is 3.14. The third kappa shape index (κ3) is 4.59. The quantitative estimate of drug-likeness (QED) is 0.685. The minimum absolute atomic E-state index is 0.174. The Morgan fingerprint density at radius 2 is 1.85 bits per heavy atom. The van der Waals surface area contributed by atoms with E-state index in [0.717, 1.165) is 51.7 Å². The van der Waals surface area contributed by atoms with Crippen LogP contribution in [0.3, 0.4) is 0 Å². The van der Waals surface area contributed by atoms with Gasteiger partial charge in [-0.05, 0) is 37.6 Å². The number of amides is 2. The number of carbonyl (C=O) groups is 2. The van der Waals surface area contributed by atoms with Gasteiger partial charge in [0.15, 0.2) is 0 Å². The van der Waals surface area contributed by atoms with E-state index in [4.69, 9.17) is 0 Å². The topological polar surface area (TPSA) is 52.7 Å². The summed E-state index contributed by atoms with van der Waals surface area (Å²) in [4.78, 5) is 29.4. The number of hydrogen-bond donors (Lipinski definition) is 1. The highest BCUT2D eigenvalue weighted by Gasteiger charge is 2.66. The molecule has 1 saturated heterocycles. The average molecular weight is 364 g/mol. The van der Waals surface area contributed by atoms with Crippen LogP contribution < -0.4 is 5.32 Å². The SMILES string of the molecule is CCCC(CCC)CC(=O)NCC1CN(C(=O)C2CC23CC3)CCN1C. The molecule has 1 aliphatic heterocycles. The Labute approximate surface area is 158 Å². The van der Waals surface area contributed by atoms with Crippen LogP contribution in [-0.2, 0) is 9.59 Å². The van der Waals surface area contributed by atoms with E-state index in [1.807, 2.05) is 0 Å². The zero-order valence-corrected chi connectivity index (χ0v) is 16.9. The summed E-state index contributed by atoms with van der Waals surface area (Å²) < 4.78 is 0. The second-order valence-corrected chi connectivity index (χ2v) is 8.99. The summed E-state index contributed by atoms with van der Waals surface area (Å²) in [6.45, 7) is 7.53. The maximum Gasteiger partial charge on any atom is 0.226 e. The molecule has 3 fully saturated rings. The van der Waals surface area contributed by atoms with Gasteiger partial charge in [-0.2, -0.15) is 0 Å². The highest BCUT2D eigenvalue weighted by molar-refractivity contribution is 5.83. The fourth-order valence-electron chi connectivity index (χ4n) is 4.73. The lowest BCUT2D eigenvalue weighted by atomic mass is 9.94. The normalized spacial score (nSPS) is 27.0. The van der Waals surface area contributed by atoms with E-state index in [1.165, 1.54) is 12.8 Å². The Balaban J connectivity index is 1.43. The smallest absolute Gasteiger partial charge is 0.226 e. The summed E-state index contributed by atoms with van der Waals surface area (Å²) in [6, 6.07) is 0.237. The Morgan fingerprint density at radius 1 is 1.15 bits per heavy atom. The highest BCUT2D eigenvalue weighted by Crippen LogP contribution is 2.70. The van der Waals surface area contributed by atoms with Gasteiger partial charge in [0.25, 0.3) is 0 Å². The van der Waals surface area contributed by atoms with Crippen molar-refractivity contribution in [3.05, 3.63) is 0 Å². The Bertz CT molecular complexity index is 511. The lowest BCUT2D eigenvalue weighted by Gasteiger charge is -2.39. The van der Waals surface area contributed by atoms with Crippen molar-refractivity contribution in [2.45, 2.75) is 71.3 Å². The number of carbonyl (C=O) groups excluding carboxylic acids is 2. The van der Waals surface area contributed by atoms with Crippen LogP contribution in [-0.4, -0.2) is 60.9 Å². The molecule has 2 atom stereocenters. The maximum atomic E-state index is 12.7. The summed E-state index contributed by atoms with van der Waals surface area (Å²) in [6.07, 6.45) is 8.83. The Kier molecular flexibility index (Phi) is 6.26. The lowest BCUT2D eigenvalue weighted by Crippen LogP contribution is -2.57. The maximum absolute atomic E-state index is 12.7. The number of hydrogen-bond acceptors (Lipinski definition) is 3. The van der Waals surface area contributed by atoms with Crippen molar-refractivity contribution in [1.82, 2.24) is 15.1 Å². The second-order valence-electron chi connectivity index (χ2n) is 8.99. The van der Waals surface area contributed by atoms with E-state index in [0.29, 0.717) is 36.1 Å². The van der Waals surface area contributed by atoms with Crippen molar-refractivity contribution in [3.63, 3.8) is 0 Å². The third-order valence-corrected chi connectivity index (χ3v) is 6.87. The van der Waals surface area contributed by atoms with Crippen LogP contribution in [0.5, 0.6) is 0 Å². The molecule has 2 aliphatic carbocycles. The molecule has 2 unspecified atom stereocenters. The molecule has 0 radical (unpaired) electrons. The minimum Gasteiger partial charge on any atom is -0.354 e. The van der Waals surface area contributed by atoms with E-state index in [9.17, 15) is 9.59 Å². The van der Waals surface area contributed by atoms with Gasteiger partial charge >= 0.3 is 0 Å². The molecule has 0 aromatic heterocycles. The van der Waals surface area contributed by atoms with Crippen LogP contribution in [0.4, 0.5) is 0 Å². The Morgan fingerprint density at radius 3 is 2.42 bits per heavy atom. The van der Waals surface area contributed by atoms with Crippen LogP contribution in [0.2, 0.25) is 0 Å². The fraction of sp³-hybridized carbons (Fsp3) is 0.905. The van der Waals surface area contributed by atoms with Crippen molar-refractivity contribution in [3.8, 4) is 0 Å². The fourth-order valence-corrected chi connectivity index (χ4v) is 4.73. The van der Waals surface area contributed by atoms with Gasteiger partial charge < -0.3 is 10.2 Å². The Hall–Kier alpha value is -1.10. The lowest BCUT2D eigenvalue weighted by molar-refractivity contribution is -0.135. The van der Waals surface area contributed by atoms with Gasteiger partial charge in [-0.15, -0.1) is 0 Å². The van der Waals surface area contributed by atoms with Crippen molar-refractivity contribution in [2.75, 3.05) is 33.2 Å². The molecule has 2 saturated carbocycles. The van der Waals surface area contributed by atoms with Gasteiger partial charge in [-0.1, -0.05) is 39.5 Å². The standard InChI is InChI=1S/C21H37N3O2/c1-4-6-16(7-5-2)12-19(25)22-14-17-15-24(11-10-23(17)3)20(26)18-13-21(18)8-9-21/h16-18H,4-15H2,1-3H3,(H,22,25). The molecule has 5 heteroatoms. The average Bonchev–Trinajstić information content (AvgIpc) is 3.53. The van der Waals surface area contributed by atoms with Crippen molar-refractivity contribution < 1.29 is 9.59 Å². The zero-order valence-electron chi connectivity index (χ0n) is 16.9. The van der Waals surface area contributed by atoms with E-state index in [1.54, 1.807) is 0 Å². The molecular weight excluding hydrogens is 326 g/mol. The first-order valence-corrected chi connectivity index (χ1v) is 10.7. The van der Waals surface area contributed by atoms with Gasteiger partial charge in [0.2, 0.25) is 11.8 Å². The molecule has 5 nitrogen and oxygen atoms in total. The van der Waals surface area contributed by atoms with Crippen molar-refractivity contribution in [1.29, 1.82) is 0 Å². The van der Waals surface area contributed by atoms with E-state index in [-0.39, 0.29) is 11.9 Å². The van der Waals surface area contributed by atoms with Crippen LogP contribution >= 0.6 is 0 Å². The predicted octanol–water partition coefficient (Wildman–Crippen LogP) is 2.65. The number of rotatable bonds is 9. The number of nitrogens with one attached hydrogen (secondary N) is 1. The van der Waals surface area contributed by atoms with Gasteiger partial charge in [-0.3, -0.25) is 14.5 Å². The molecule has 26 heavy (non-hydrogen) atoms. The summed E-state index contributed by atoms with van der Waals surface area (Å²) in [7, 11) is 2.11. The number of likely N-dealkylation sites (N-methyl/N-ethyl adjacent to an activating group) is 1. The van der Waals surface area contributed by atoms with Crippen molar-refractivity contribution >= 4 is 11.8 Å². The van der Waals surface area contributed by atoms with E-state index >= 15 is 0 Å². The zero-order chi connectivity index (χ0) is 18.7. The van der Waals surface area contributed by atoms with Crippen LogP contribution in [0.1, 0.15) is 65.2 Å². The largest absolute Gasteiger partial charge is 0.354 e.